The molecule has 0 saturated carbocycles. The van der Waals surface area contributed by atoms with Gasteiger partial charge >= 0.3 is 0 Å². The molecule has 1 saturated heterocycles. The van der Waals surface area contributed by atoms with Crippen molar-refractivity contribution in [3.63, 3.8) is 0 Å². The maximum Gasteiger partial charge on any atom is 0.251 e. The summed E-state index contributed by atoms with van der Waals surface area (Å²) in [5.74, 6) is -0.415. The van der Waals surface area contributed by atoms with Crippen molar-refractivity contribution in [2.45, 2.75) is 6.54 Å². The van der Waals surface area contributed by atoms with Crippen LogP contribution in [0, 0.1) is 0 Å². The van der Waals surface area contributed by atoms with Gasteiger partial charge < -0.3 is 10.6 Å². The second-order valence-corrected chi connectivity index (χ2v) is 8.58. The summed E-state index contributed by atoms with van der Waals surface area (Å²) < 4.78 is 0. The van der Waals surface area contributed by atoms with Gasteiger partial charge in [-0.1, -0.05) is 72.8 Å². The summed E-state index contributed by atoms with van der Waals surface area (Å²) in [5.41, 5.74) is 4.04. The lowest BCUT2D eigenvalue weighted by Crippen LogP contribution is -2.48. The lowest BCUT2D eigenvalue weighted by atomic mass is 10.0. The van der Waals surface area contributed by atoms with E-state index in [0.29, 0.717) is 12.1 Å². The number of carbonyl (C=O) groups excluding carboxylic acids is 2. The summed E-state index contributed by atoms with van der Waals surface area (Å²) in [4.78, 5) is 29.4. The molecular formula is C28H32N4O2. The molecule has 1 aliphatic heterocycles. The largest absolute Gasteiger partial charge is 0.353 e. The third-order valence-electron chi connectivity index (χ3n) is 6.13. The van der Waals surface area contributed by atoms with Crippen LogP contribution in [0.15, 0.2) is 84.9 Å². The minimum absolute atomic E-state index is 0.0237. The highest BCUT2D eigenvalue weighted by Crippen LogP contribution is 2.19. The van der Waals surface area contributed by atoms with Crippen molar-refractivity contribution in [1.29, 1.82) is 0 Å². The molecule has 4 rings (SSSR count). The standard InChI is InChI=1S/C28H32N4O2/c33-27(21-30-28(34)26-13-11-25(12-14-26)24-9-5-2-6-10-24)29-15-16-31-17-19-32(20-18-31)22-23-7-3-1-4-8-23/h1-14H,15-22H2,(H,29,33)(H,30,34). The van der Waals surface area contributed by atoms with Crippen molar-refractivity contribution in [2.24, 2.45) is 0 Å². The van der Waals surface area contributed by atoms with E-state index in [4.69, 9.17) is 0 Å². The Hall–Kier alpha value is -3.48. The fourth-order valence-corrected chi connectivity index (χ4v) is 4.14. The van der Waals surface area contributed by atoms with E-state index >= 15 is 0 Å². The monoisotopic (exact) mass is 456 g/mol. The van der Waals surface area contributed by atoms with Crippen LogP contribution in [-0.2, 0) is 11.3 Å². The summed E-state index contributed by atoms with van der Waals surface area (Å²) in [5, 5.41) is 5.61. The maximum atomic E-state index is 12.4. The molecule has 1 fully saturated rings. The Morgan fingerprint density at radius 1 is 0.676 bits per heavy atom. The van der Waals surface area contributed by atoms with Crippen molar-refractivity contribution < 1.29 is 9.59 Å². The highest BCUT2D eigenvalue weighted by atomic mass is 16.2. The molecule has 6 nitrogen and oxygen atoms in total. The number of rotatable bonds is 9. The third kappa shape index (κ3) is 7.01. The van der Waals surface area contributed by atoms with Crippen LogP contribution in [-0.4, -0.2) is 67.4 Å². The Morgan fingerprint density at radius 3 is 1.94 bits per heavy atom. The Kier molecular flexibility index (Phi) is 8.43. The van der Waals surface area contributed by atoms with Gasteiger partial charge in [0.15, 0.2) is 0 Å². The van der Waals surface area contributed by atoms with Crippen molar-refractivity contribution in [3.05, 3.63) is 96.1 Å². The maximum absolute atomic E-state index is 12.4. The van der Waals surface area contributed by atoms with E-state index in [-0.39, 0.29) is 18.4 Å². The van der Waals surface area contributed by atoms with E-state index in [1.54, 1.807) is 12.1 Å². The fourth-order valence-electron chi connectivity index (χ4n) is 4.14. The number of nitrogens with one attached hydrogen (secondary N) is 2. The molecule has 2 amide bonds. The third-order valence-corrected chi connectivity index (χ3v) is 6.13. The van der Waals surface area contributed by atoms with Crippen molar-refractivity contribution in [3.8, 4) is 11.1 Å². The highest BCUT2D eigenvalue weighted by Gasteiger charge is 2.17. The zero-order valence-corrected chi connectivity index (χ0v) is 19.5. The summed E-state index contributed by atoms with van der Waals surface area (Å²) >= 11 is 0. The van der Waals surface area contributed by atoms with Gasteiger partial charge in [-0.2, -0.15) is 0 Å². The van der Waals surface area contributed by atoms with Gasteiger partial charge in [0.25, 0.3) is 5.91 Å². The number of hydrogen-bond acceptors (Lipinski definition) is 4. The first-order chi connectivity index (χ1) is 16.7. The molecule has 0 unspecified atom stereocenters. The first-order valence-corrected chi connectivity index (χ1v) is 11.9. The van der Waals surface area contributed by atoms with E-state index in [1.807, 2.05) is 48.5 Å². The van der Waals surface area contributed by atoms with Crippen molar-refractivity contribution in [1.82, 2.24) is 20.4 Å². The van der Waals surface area contributed by atoms with Crippen LogP contribution in [0.3, 0.4) is 0 Å². The average Bonchev–Trinajstić information content (AvgIpc) is 2.89. The topological polar surface area (TPSA) is 64.7 Å². The average molecular weight is 457 g/mol. The minimum atomic E-state index is -0.246. The predicted octanol–water partition coefficient (Wildman–Crippen LogP) is 3.02. The molecule has 2 N–H and O–H groups in total. The van der Waals surface area contributed by atoms with E-state index in [1.165, 1.54) is 5.56 Å². The van der Waals surface area contributed by atoms with E-state index < -0.39 is 0 Å². The van der Waals surface area contributed by atoms with Gasteiger partial charge in [0.2, 0.25) is 5.91 Å². The van der Waals surface area contributed by atoms with Gasteiger partial charge in [-0.3, -0.25) is 19.4 Å². The second-order valence-electron chi connectivity index (χ2n) is 8.58. The van der Waals surface area contributed by atoms with Crippen molar-refractivity contribution >= 4 is 11.8 Å². The Bertz CT molecular complexity index is 1050. The lowest BCUT2D eigenvalue weighted by molar-refractivity contribution is -0.120. The number of piperazine rings is 1. The molecule has 3 aromatic carbocycles. The van der Waals surface area contributed by atoms with Gasteiger partial charge in [0.1, 0.15) is 0 Å². The molecule has 6 heteroatoms. The number of hydrogen-bond donors (Lipinski definition) is 2. The van der Waals surface area contributed by atoms with Gasteiger partial charge in [-0.25, -0.2) is 0 Å². The molecule has 1 heterocycles. The summed E-state index contributed by atoms with van der Waals surface area (Å²) in [6.07, 6.45) is 0. The first-order valence-electron chi connectivity index (χ1n) is 11.9. The summed E-state index contributed by atoms with van der Waals surface area (Å²) in [7, 11) is 0. The Balaban J connectivity index is 1.11. The van der Waals surface area contributed by atoms with Crippen LogP contribution >= 0.6 is 0 Å². The molecule has 0 radical (unpaired) electrons. The highest BCUT2D eigenvalue weighted by molar-refractivity contribution is 5.96. The van der Waals surface area contributed by atoms with Gasteiger partial charge in [-0.05, 0) is 28.8 Å². The zero-order chi connectivity index (χ0) is 23.6. The quantitative estimate of drug-likeness (QED) is 0.520. The zero-order valence-electron chi connectivity index (χ0n) is 19.5. The summed E-state index contributed by atoms with van der Waals surface area (Å²) in [6, 6.07) is 28.0. The molecule has 0 aliphatic carbocycles. The summed E-state index contributed by atoms with van der Waals surface area (Å²) in [6.45, 7) is 6.42. The van der Waals surface area contributed by atoms with E-state index in [0.717, 1.165) is 50.4 Å². The van der Waals surface area contributed by atoms with Gasteiger partial charge in [0.05, 0.1) is 6.54 Å². The Labute approximate surface area is 201 Å². The van der Waals surface area contributed by atoms with Gasteiger partial charge in [-0.15, -0.1) is 0 Å². The van der Waals surface area contributed by atoms with Crippen LogP contribution in [0.2, 0.25) is 0 Å². The molecule has 1 aliphatic rings. The smallest absolute Gasteiger partial charge is 0.251 e. The predicted molar refractivity (Wildman–Crippen MR) is 135 cm³/mol. The lowest BCUT2D eigenvalue weighted by Gasteiger charge is -2.34. The number of carbonyl (C=O) groups is 2. The second kappa shape index (κ2) is 12.1. The van der Waals surface area contributed by atoms with Crippen molar-refractivity contribution in [2.75, 3.05) is 45.8 Å². The molecule has 3 aromatic rings. The Morgan fingerprint density at radius 2 is 1.26 bits per heavy atom. The molecular weight excluding hydrogens is 424 g/mol. The number of nitrogens with zero attached hydrogens (tertiary/aromatic N) is 2. The molecule has 0 aromatic heterocycles. The number of amides is 2. The number of benzene rings is 3. The van der Waals surface area contributed by atoms with Crippen LogP contribution in [0.5, 0.6) is 0 Å². The fraction of sp³-hybridized carbons (Fsp3) is 0.286. The van der Waals surface area contributed by atoms with Crippen LogP contribution in [0.4, 0.5) is 0 Å². The molecule has 176 valence electrons. The van der Waals surface area contributed by atoms with Crippen LogP contribution in [0.25, 0.3) is 11.1 Å². The van der Waals surface area contributed by atoms with E-state index in [2.05, 4.69) is 44.7 Å². The SMILES string of the molecule is O=C(CNC(=O)c1ccc(-c2ccccc2)cc1)NCCN1CCN(Cc2ccccc2)CC1. The molecule has 0 spiro atoms. The molecule has 0 bridgehead atoms. The minimum Gasteiger partial charge on any atom is -0.353 e. The molecule has 0 atom stereocenters. The molecule has 34 heavy (non-hydrogen) atoms. The normalized spacial score (nSPS) is 14.5. The van der Waals surface area contributed by atoms with Crippen LogP contribution < -0.4 is 10.6 Å². The van der Waals surface area contributed by atoms with Gasteiger partial charge in [0, 0.05) is 51.4 Å². The van der Waals surface area contributed by atoms with E-state index in [9.17, 15) is 9.59 Å². The van der Waals surface area contributed by atoms with Crippen LogP contribution in [0.1, 0.15) is 15.9 Å². The first kappa shape index (κ1) is 23.7.